The maximum absolute atomic E-state index is 12.4. The van der Waals surface area contributed by atoms with Crippen molar-refractivity contribution in [1.82, 2.24) is 4.90 Å². The van der Waals surface area contributed by atoms with Gasteiger partial charge in [0.1, 0.15) is 0 Å². The van der Waals surface area contributed by atoms with Crippen molar-refractivity contribution in [3.63, 3.8) is 0 Å². The highest BCUT2D eigenvalue weighted by Gasteiger charge is 2.20. The summed E-state index contributed by atoms with van der Waals surface area (Å²) < 4.78 is 0. The fraction of sp³-hybridized carbons (Fsp3) is 0.440. The smallest absolute Gasteiger partial charge is 0.323 e. The quantitative estimate of drug-likeness (QED) is 0.455. The summed E-state index contributed by atoms with van der Waals surface area (Å²) in [6.45, 7) is 5.37. The first kappa shape index (κ1) is 23.9. The molecule has 0 atom stereocenters. The zero-order chi connectivity index (χ0) is 22.8. The highest BCUT2D eigenvalue weighted by Crippen LogP contribution is 2.21. The Labute approximate surface area is 195 Å². The Balaban J connectivity index is 1.41. The topological polar surface area (TPSA) is 64.7 Å². The van der Waals surface area contributed by atoms with E-state index < -0.39 is 0 Å². The SMILES string of the molecule is CCCCCCCC(=O)N1CCN(c2ccc(NC(=O)Nc3cccc(Cl)c3)cc2)CC1. The Morgan fingerprint density at radius 3 is 2.25 bits per heavy atom. The van der Waals surface area contributed by atoms with Crippen molar-refractivity contribution in [2.45, 2.75) is 45.4 Å². The largest absolute Gasteiger partial charge is 0.368 e. The highest BCUT2D eigenvalue weighted by molar-refractivity contribution is 6.30. The first-order valence-corrected chi connectivity index (χ1v) is 11.9. The number of nitrogens with one attached hydrogen (secondary N) is 2. The number of hydrogen-bond donors (Lipinski definition) is 2. The molecule has 172 valence electrons. The van der Waals surface area contributed by atoms with Crippen LogP contribution >= 0.6 is 11.6 Å². The van der Waals surface area contributed by atoms with Crippen LogP contribution in [0.25, 0.3) is 0 Å². The Bertz CT molecular complexity index is 880. The number of halogens is 1. The summed E-state index contributed by atoms with van der Waals surface area (Å²) in [6, 6.07) is 14.5. The lowest BCUT2D eigenvalue weighted by atomic mass is 10.1. The number of piperazine rings is 1. The van der Waals surface area contributed by atoms with E-state index in [0.29, 0.717) is 22.8 Å². The number of amides is 3. The second kappa shape index (κ2) is 12.3. The van der Waals surface area contributed by atoms with Crippen LogP contribution in [0.2, 0.25) is 5.02 Å². The number of anilines is 3. The molecule has 0 saturated carbocycles. The van der Waals surface area contributed by atoms with E-state index >= 15 is 0 Å². The molecule has 0 unspecified atom stereocenters. The number of benzene rings is 2. The first-order chi connectivity index (χ1) is 15.5. The molecule has 3 rings (SSSR count). The minimum Gasteiger partial charge on any atom is -0.368 e. The van der Waals surface area contributed by atoms with Gasteiger partial charge in [0.05, 0.1) is 0 Å². The predicted molar refractivity (Wildman–Crippen MR) is 133 cm³/mol. The Morgan fingerprint density at radius 2 is 1.56 bits per heavy atom. The molecule has 2 N–H and O–H groups in total. The van der Waals surface area contributed by atoms with Crippen LogP contribution in [0.15, 0.2) is 48.5 Å². The Hall–Kier alpha value is -2.73. The fourth-order valence-corrected chi connectivity index (χ4v) is 4.06. The highest BCUT2D eigenvalue weighted by atomic mass is 35.5. The molecule has 2 aromatic carbocycles. The summed E-state index contributed by atoms with van der Waals surface area (Å²) >= 11 is 5.95. The van der Waals surface area contributed by atoms with Gasteiger partial charge < -0.3 is 20.4 Å². The van der Waals surface area contributed by atoms with Gasteiger partial charge >= 0.3 is 6.03 Å². The summed E-state index contributed by atoms with van der Waals surface area (Å²) in [5.74, 6) is 0.284. The summed E-state index contributed by atoms with van der Waals surface area (Å²) in [5, 5.41) is 6.17. The van der Waals surface area contributed by atoms with Crippen LogP contribution in [0, 0.1) is 0 Å². The van der Waals surface area contributed by atoms with Gasteiger partial charge in [-0.25, -0.2) is 4.79 Å². The van der Waals surface area contributed by atoms with E-state index in [9.17, 15) is 9.59 Å². The summed E-state index contributed by atoms with van der Waals surface area (Å²) in [4.78, 5) is 28.9. The van der Waals surface area contributed by atoms with Crippen LogP contribution in [0.4, 0.5) is 21.9 Å². The third kappa shape index (κ3) is 7.45. The number of rotatable bonds is 9. The van der Waals surface area contributed by atoms with E-state index in [2.05, 4.69) is 22.5 Å². The second-order valence-corrected chi connectivity index (χ2v) is 8.60. The van der Waals surface area contributed by atoms with Gasteiger partial charge in [-0.05, 0) is 48.9 Å². The van der Waals surface area contributed by atoms with Crippen molar-refractivity contribution < 1.29 is 9.59 Å². The van der Waals surface area contributed by atoms with Crippen molar-refractivity contribution in [2.75, 3.05) is 41.7 Å². The van der Waals surface area contributed by atoms with E-state index in [4.69, 9.17) is 11.6 Å². The number of unbranched alkanes of at least 4 members (excludes halogenated alkanes) is 4. The van der Waals surface area contributed by atoms with Gasteiger partial charge in [-0.15, -0.1) is 0 Å². The number of carbonyl (C=O) groups excluding carboxylic acids is 2. The molecule has 6 nitrogen and oxygen atoms in total. The molecule has 0 aliphatic carbocycles. The second-order valence-electron chi connectivity index (χ2n) is 8.17. The van der Waals surface area contributed by atoms with Gasteiger partial charge in [0.2, 0.25) is 5.91 Å². The van der Waals surface area contributed by atoms with E-state index in [-0.39, 0.29) is 11.9 Å². The van der Waals surface area contributed by atoms with E-state index in [0.717, 1.165) is 44.7 Å². The molecule has 0 aromatic heterocycles. The number of nitrogens with zero attached hydrogens (tertiary/aromatic N) is 2. The number of urea groups is 1. The molecule has 32 heavy (non-hydrogen) atoms. The monoisotopic (exact) mass is 456 g/mol. The van der Waals surface area contributed by atoms with E-state index in [1.807, 2.05) is 29.2 Å². The molecule has 0 spiro atoms. The maximum atomic E-state index is 12.4. The summed E-state index contributed by atoms with van der Waals surface area (Å²) in [6.07, 6.45) is 6.53. The lowest BCUT2D eigenvalue weighted by molar-refractivity contribution is -0.131. The lowest BCUT2D eigenvalue weighted by Gasteiger charge is -2.36. The van der Waals surface area contributed by atoms with Gasteiger partial charge in [-0.2, -0.15) is 0 Å². The molecule has 2 aromatic rings. The van der Waals surface area contributed by atoms with Crippen LogP contribution in [0.1, 0.15) is 45.4 Å². The zero-order valence-electron chi connectivity index (χ0n) is 18.8. The molecule has 1 saturated heterocycles. The standard InChI is InChI=1S/C25H33ClN4O2/c1-2-3-4-5-6-10-24(31)30-17-15-29(16-18-30)23-13-11-21(12-14-23)27-25(32)28-22-9-7-8-20(26)19-22/h7-9,11-14,19H,2-6,10,15-18H2,1H3,(H2,27,28,32). The van der Waals surface area contributed by atoms with Crippen LogP contribution in [-0.2, 0) is 4.79 Å². The van der Waals surface area contributed by atoms with E-state index in [1.165, 1.54) is 19.3 Å². The first-order valence-electron chi connectivity index (χ1n) is 11.5. The fourth-order valence-electron chi connectivity index (χ4n) is 3.87. The number of hydrogen-bond acceptors (Lipinski definition) is 3. The van der Waals surface area contributed by atoms with Gasteiger partial charge in [0, 0.05) is 54.7 Å². The molecule has 1 aliphatic rings. The molecule has 1 fully saturated rings. The maximum Gasteiger partial charge on any atom is 0.323 e. The molecule has 3 amide bonds. The van der Waals surface area contributed by atoms with Crippen molar-refractivity contribution in [3.8, 4) is 0 Å². The molecular formula is C25H33ClN4O2. The van der Waals surface area contributed by atoms with Crippen LogP contribution in [0.3, 0.4) is 0 Å². The zero-order valence-corrected chi connectivity index (χ0v) is 19.5. The van der Waals surface area contributed by atoms with Gasteiger partial charge in [0.15, 0.2) is 0 Å². The number of carbonyl (C=O) groups is 2. The third-order valence-electron chi connectivity index (χ3n) is 5.70. The normalized spacial score (nSPS) is 13.7. The molecule has 7 heteroatoms. The van der Waals surface area contributed by atoms with Crippen molar-refractivity contribution in [1.29, 1.82) is 0 Å². The minimum absolute atomic E-state index is 0.284. The lowest BCUT2D eigenvalue weighted by Crippen LogP contribution is -2.48. The van der Waals surface area contributed by atoms with E-state index in [1.54, 1.807) is 24.3 Å². The molecule has 1 aliphatic heterocycles. The van der Waals surface area contributed by atoms with Crippen molar-refractivity contribution >= 4 is 40.6 Å². The molecular weight excluding hydrogens is 424 g/mol. The average molecular weight is 457 g/mol. The molecule has 1 heterocycles. The van der Waals surface area contributed by atoms with Crippen molar-refractivity contribution in [2.24, 2.45) is 0 Å². The third-order valence-corrected chi connectivity index (χ3v) is 5.93. The van der Waals surface area contributed by atoms with Gasteiger partial charge in [0.25, 0.3) is 0 Å². The summed E-state index contributed by atoms with van der Waals surface area (Å²) in [7, 11) is 0. The van der Waals surface area contributed by atoms with Gasteiger partial charge in [-0.3, -0.25) is 4.79 Å². The Morgan fingerprint density at radius 1 is 0.875 bits per heavy atom. The molecule has 0 radical (unpaired) electrons. The van der Waals surface area contributed by atoms with Gasteiger partial charge in [-0.1, -0.05) is 50.3 Å². The summed E-state index contributed by atoms with van der Waals surface area (Å²) in [5.41, 5.74) is 2.45. The Kier molecular flexibility index (Phi) is 9.23. The molecule has 0 bridgehead atoms. The predicted octanol–water partition coefficient (Wildman–Crippen LogP) is 5.99. The average Bonchev–Trinajstić information content (AvgIpc) is 2.79. The van der Waals surface area contributed by atoms with Crippen LogP contribution in [-0.4, -0.2) is 43.0 Å². The van der Waals surface area contributed by atoms with Crippen molar-refractivity contribution in [3.05, 3.63) is 53.6 Å². The minimum atomic E-state index is -0.318. The van der Waals surface area contributed by atoms with Crippen LogP contribution < -0.4 is 15.5 Å². The van der Waals surface area contributed by atoms with Crippen LogP contribution in [0.5, 0.6) is 0 Å².